The van der Waals surface area contributed by atoms with Crippen molar-refractivity contribution in [3.63, 3.8) is 0 Å². The van der Waals surface area contributed by atoms with Crippen LogP contribution in [0.1, 0.15) is 12.0 Å². The number of nitrogens with zero attached hydrogens (tertiary/aromatic N) is 3. The number of methoxy groups -OCH3 is 2. The first-order valence-electron chi connectivity index (χ1n) is 10.2. The first-order chi connectivity index (χ1) is 14.7. The molecule has 0 spiro atoms. The molecule has 8 nitrogen and oxygen atoms in total. The Bertz CT molecular complexity index is 783. The van der Waals surface area contributed by atoms with Crippen LogP contribution in [0, 0.1) is 0 Å². The molecule has 2 heterocycles. The Balaban J connectivity index is 1.46. The normalized spacial score (nSPS) is 14.8. The number of benzene rings is 1. The Hall–Kier alpha value is -2.84. The van der Waals surface area contributed by atoms with Gasteiger partial charge in [0, 0.05) is 45.9 Å². The SMILES string of the molecule is COCCOc1ccc(NC(=O)N2CCCN(Cc3ccc(OC)cc3)CC2)cn1. The van der Waals surface area contributed by atoms with Gasteiger partial charge in [0.05, 0.1) is 25.6 Å². The third kappa shape index (κ3) is 6.60. The van der Waals surface area contributed by atoms with Crippen LogP contribution in [0.3, 0.4) is 0 Å². The highest BCUT2D eigenvalue weighted by atomic mass is 16.5. The predicted octanol–water partition coefficient (Wildman–Crippen LogP) is 2.86. The zero-order chi connectivity index (χ0) is 21.2. The summed E-state index contributed by atoms with van der Waals surface area (Å²) in [5.74, 6) is 1.37. The molecule has 2 aromatic rings. The quantitative estimate of drug-likeness (QED) is 0.670. The number of hydrogen-bond acceptors (Lipinski definition) is 6. The van der Waals surface area contributed by atoms with Gasteiger partial charge in [0.15, 0.2) is 0 Å². The van der Waals surface area contributed by atoms with Gasteiger partial charge in [0.1, 0.15) is 12.4 Å². The van der Waals surface area contributed by atoms with Gasteiger partial charge in [-0.25, -0.2) is 9.78 Å². The van der Waals surface area contributed by atoms with E-state index in [2.05, 4.69) is 27.3 Å². The van der Waals surface area contributed by atoms with Crippen LogP contribution in [0.5, 0.6) is 11.6 Å². The van der Waals surface area contributed by atoms with Crippen LogP contribution in [0.15, 0.2) is 42.6 Å². The number of pyridine rings is 1. The lowest BCUT2D eigenvalue weighted by molar-refractivity contribution is 0.144. The lowest BCUT2D eigenvalue weighted by atomic mass is 10.2. The van der Waals surface area contributed by atoms with Crippen LogP contribution < -0.4 is 14.8 Å². The molecule has 8 heteroatoms. The van der Waals surface area contributed by atoms with Crippen molar-refractivity contribution in [3.8, 4) is 11.6 Å². The number of aromatic nitrogens is 1. The summed E-state index contributed by atoms with van der Waals surface area (Å²) < 4.78 is 15.6. The van der Waals surface area contributed by atoms with Gasteiger partial charge in [-0.3, -0.25) is 4.90 Å². The number of amides is 2. The second-order valence-corrected chi connectivity index (χ2v) is 7.12. The Labute approximate surface area is 177 Å². The Morgan fingerprint density at radius 1 is 1.03 bits per heavy atom. The van der Waals surface area contributed by atoms with Crippen molar-refractivity contribution in [2.24, 2.45) is 0 Å². The fraction of sp³-hybridized carbons (Fsp3) is 0.455. The highest BCUT2D eigenvalue weighted by Crippen LogP contribution is 2.16. The van der Waals surface area contributed by atoms with Gasteiger partial charge in [0.2, 0.25) is 5.88 Å². The minimum atomic E-state index is -0.101. The topological polar surface area (TPSA) is 76.2 Å². The minimum absolute atomic E-state index is 0.101. The number of carbonyl (C=O) groups excluding carboxylic acids is 1. The molecule has 0 bridgehead atoms. The van der Waals surface area contributed by atoms with Crippen LogP contribution in [0.4, 0.5) is 10.5 Å². The summed E-state index contributed by atoms with van der Waals surface area (Å²) in [4.78, 5) is 21.1. The van der Waals surface area contributed by atoms with E-state index in [1.165, 1.54) is 5.56 Å². The third-order valence-corrected chi connectivity index (χ3v) is 4.97. The number of ether oxygens (including phenoxy) is 3. The molecule has 0 aliphatic carbocycles. The lowest BCUT2D eigenvalue weighted by Crippen LogP contribution is -2.38. The number of hydrogen-bond donors (Lipinski definition) is 1. The van der Waals surface area contributed by atoms with Gasteiger partial charge in [0.25, 0.3) is 0 Å². The van der Waals surface area contributed by atoms with Gasteiger partial charge in [-0.1, -0.05) is 12.1 Å². The summed E-state index contributed by atoms with van der Waals surface area (Å²) >= 11 is 0. The fourth-order valence-electron chi connectivity index (χ4n) is 3.29. The van der Waals surface area contributed by atoms with E-state index >= 15 is 0 Å². The van der Waals surface area contributed by atoms with Crippen LogP contribution in [0.2, 0.25) is 0 Å². The van der Waals surface area contributed by atoms with Crippen molar-refractivity contribution in [2.45, 2.75) is 13.0 Å². The Kier molecular flexibility index (Phi) is 8.29. The first kappa shape index (κ1) is 21.9. The largest absolute Gasteiger partial charge is 0.497 e. The van der Waals surface area contributed by atoms with E-state index in [-0.39, 0.29) is 6.03 Å². The summed E-state index contributed by atoms with van der Waals surface area (Å²) in [5, 5.41) is 2.92. The van der Waals surface area contributed by atoms with Crippen LogP contribution >= 0.6 is 0 Å². The molecule has 162 valence electrons. The average molecular weight is 415 g/mol. The monoisotopic (exact) mass is 414 g/mol. The van der Waals surface area contributed by atoms with E-state index < -0.39 is 0 Å². The summed E-state index contributed by atoms with van der Waals surface area (Å²) in [6.45, 7) is 5.04. The van der Waals surface area contributed by atoms with Gasteiger partial charge in [-0.15, -0.1) is 0 Å². The molecule has 0 saturated carbocycles. The molecule has 0 unspecified atom stereocenters. The van der Waals surface area contributed by atoms with Crippen molar-refractivity contribution < 1.29 is 19.0 Å². The standard InChI is InChI=1S/C22H30N4O4/c1-28-14-15-30-21-9-6-19(16-23-21)24-22(27)26-11-3-10-25(12-13-26)17-18-4-7-20(29-2)8-5-18/h4-9,16H,3,10-15,17H2,1-2H3,(H,24,27). The summed E-state index contributed by atoms with van der Waals surface area (Å²) in [7, 11) is 3.29. The van der Waals surface area contributed by atoms with Crippen LogP contribution in [0.25, 0.3) is 0 Å². The molecule has 1 fully saturated rings. The highest BCUT2D eigenvalue weighted by molar-refractivity contribution is 5.89. The van der Waals surface area contributed by atoms with E-state index in [1.54, 1.807) is 32.5 Å². The average Bonchev–Trinajstić information content (AvgIpc) is 3.01. The molecule has 0 radical (unpaired) electrons. The Morgan fingerprint density at radius 2 is 1.87 bits per heavy atom. The molecule has 2 amide bonds. The van der Waals surface area contributed by atoms with E-state index in [9.17, 15) is 4.79 Å². The van der Waals surface area contributed by atoms with Crippen LogP contribution in [-0.4, -0.2) is 74.4 Å². The smallest absolute Gasteiger partial charge is 0.321 e. The molecule has 1 aliphatic heterocycles. The molecular weight excluding hydrogens is 384 g/mol. The third-order valence-electron chi connectivity index (χ3n) is 4.97. The van der Waals surface area contributed by atoms with Crippen molar-refractivity contribution >= 4 is 11.7 Å². The van der Waals surface area contributed by atoms with E-state index in [0.29, 0.717) is 31.3 Å². The zero-order valence-electron chi connectivity index (χ0n) is 17.7. The molecule has 0 atom stereocenters. The maximum atomic E-state index is 12.7. The lowest BCUT2D eigenvalue weighted by Gasteiger charge is -2.22. The molecule has 1 N–H and O–H groups in total. The molecule has 1 aliphatic rings. The summed E-state index contributed by atoms with van der Waals surface area (Å²) in [6, 6.07) is 11.6. The Morgan fingerprint density at radius 3 is 2.57 bits per heavy atom. The number of nitrogens with one attached hydrogen (secondary N) is 1. The maximum Gasteiger partial charge on any atom is 0.321 e. The molecular formula is C22H30N4O4. The van der Waals surface area contributed by atoms with Crippen LogP contribution in [-0.2, 0) is 11.3 Å². The van der Waals surface area contributed by atoms with E-state index in [4.69, 9.17) is 14.2 Å². The van der Waals surface area contributed by atoms with Gasteiger partial charge in [-0.2, -0.15) is 0 Å². The second kappa shape index (κ2) is 11.4. The van der Waals surface area contributed by atoms with E-state index in [1.807, 2.05) is 17.0 Å². The summed E-state index contributed by atoms with van der Waals surface area (Å²) in [5.41, 5.74) is 1.89. The molecule has 1 aromatic heterocycles. The van der Waals surface area contributed by atoms with Crippen molar-refractivity contribution in [2.75, 3.05) is 58.9 Å². The second-order valence-electron chi connectivity index (χ2n) is 7.12. The van der Waals surface area contributed by atoms with Crippen molar-refractivity contribution in [1.82, 2.24) is 14.8 Å². The van der Waals surface area contributed by atoms with Crippen molar-refractivity contribution in [1.29, 1.82) is 0 Å². The zero-order valence-corrected chi connectivity index (χ0v) is 17.7. The highest BCUT2D eigenvalue weighted by Gasteiger charge is 2.19. The van der Waals surface area contributed by atoms with E-state index in [0.717, 1.165) is 38.3 Å². The molecule has 30 heavy (non-hydrogen) atoms. The number of anilines is 1. The van der Waals surface area contributed by atoms with Gasteiger partial charge in [-0.05, 0) is 30.2 Å². The number of rotatable bonds is 8. The fourth-order valence-corrected chi connectivity index (χ4v) is 3.29. The van der Waals surface area contributed by atoms with Gasteiger partial charge < -0.3 is 24.4 Å². The predicted molar refractivity (Wildman–Crippen MR) is 115 cm³/mol. The minimum Gasteiger partial charge on any atom is -0.497 e. The van der Waals surface area contributed by atoms with Crippen molar-refractivity contribution in [3.05, 3.63) is 48.2 Å². The molecule has 3 rings (SSSR count). The summed E-state index contributed by atoms with van der Waals surface area (Å²) in [6.07, 6.45) is 2.54. The number of urea groups is 1. The first-order valence-corrected chi connectivity index (χ1v) is 10.2. The van der Waals surface area contributed by atoms with Gasteiger partial charge >= 0.3 is 6.03 Å². The molecule has 1 aromatic carbocycles. The molecule has 1 saturated heterocycles. The number of carbonyl (C=O) groups is 1. The maximum absolute atomic E-state index is 12.7.